The lowest BCUT2D eigenvalue weighted by molar-refractivity contribution is 0.200. The van der Waals surface area contributed by atoms with Crippen LogP contribution in [0.1, 0.15) is 45.1 Å². The lowest BCUT2D eigenvalue weighted by Crippen LogP contribution is -2.38. The molecule has 0 fully saturated rings. The van der Waals surface area contributed by atoms with Gasteiger partial charge in [0.1, 0.15) is 0 Å². The maximum Gasteiger partial charge on any atom is 0.321 e. The predicted octanol–water partition coefficient (Wildman–Crippen LogP) is 5.03. The number of hydrogen-bond donors (Lipinski definition) is 1. The van der Waals surface area contributed by atoms with Crippen molar-refractivity contribution in [2.24, 2.45) is 0 Å². The zero-order valence-corrected chi connectivity index (χ0v) is 14.5. The van der Waals surface area contributed by atoms with Crippen molar-refractivity contribution in [3.05, 3.63) is 40.5 Å². The maximum atomic E-state index is 12.2. The van der Waals surface area contributed by atoms with Gasteiger partial charge in [0.05, 0.1) is 0 Å². The summed E-state index contributed by atoms with van der Waals surface area (Å²) in [5, 5.41) is 2.86. The summed E-state index contributed by atoms with van der Waals surface area (Å²) in [6, 6.07) is 7.95. The molecule has 116 valence electrons. The maximum absolute atomic E-state index is 12.2. The van der Waals surface area contributed by atoms with Crippen molar-refractivity contribution < 1.29 is 4.79 Å². The van der Waals surface area contributed by atoms with Crippen LogP contribution in [0.5, 0.6) is 0 Å². The number of nitrogens with zero attached hydrogens (tertiary/aromatic N) is 1. The number of amides is 2. The lowest BCUT2D eigenvalue weighted by Gasteiger charge is -2.21. The first kappa shape index (κ1) is 17.8. The van der Waals surface area contributed by atoms with E-state index in [0.717, 1.165) is 48.8 Å². The van der Waals surface area contributed by atoms with Crippen molar-refractivity contribution in [3.63, 3.8) is 0 Å². The largest absolute Gasteiger partial charge is 0.325 e. The van der Waals surface area contributed by atoms with E-state index in [4.69, 9.17) is 0 Å². The molecule has 3 nitrogen and oxygen atoms in total. The Hall–Kier alpha value is -1.29. The highest BCUT2D eigenvalue weighted by molar-refractivity contribution is 9.10. The SMILES string of the molecule is CCCCN(CCCC)C(=O)N/C=C/c1cccc(Br)c1. The number of halogens is 1. The fraction of sp³-hybridized carbons (Fsp3) is 0.471. The molecule has 1 aromatic rings. The summed E-state index contributed by atoms with van der Waals surface area (Å²) in [7, 11) is 0. The van der Waals surface area contributed by atoms with Crippen LogP contribution in [-0.2, 0) is 0 Å². The van der Waals surface area contributed by atoms with E-state index < -0.39 is 0 Å². The third-order valence-electron chi connectivity index (χ3n) is 3.18. The molecule has 0 heterocycles. The standard InChI is InChI=1S/C17H25BrN2O/c1-3-5-12-20(13-6-4-2)17(21)19-11-10-15-8-7-9-16(18)14-15/h7-11,14H,3-6,12-13H2,1-2H3,(H,19,21)/b11-10+. The molecule has 0 unspecified atom stereocenters. The predicted molar refractivity (Wildman–Crippen MR) is 93.1 cm³/mol. The number of hydrogen-bond acceptors (Lipinski definition) is 1. The second-order valence-corrected chi connectivity index (χ2v) is 5.95. The highest BCUT2D eigenvalue weighted by Crippen LogP contribution is 2.12. The van der Waals surface area contributed by atoms with Gasteiger partial charge in [-0.25, -0.2) is 4.79 Å². The van der Waals surface area contributed by atoms with Crippen LogP contribution in [0.2, 0.25) is 0 Å². The summed E-state index contributed by atoms with van der Waals surface area (Å²) in [6.07, 6.45) is 7.92. The lowest BCUT2D eigenvalue weighted by atomic mass is 10.2. The Morgan fingerprint density at radius 3 is 2.48 bits per heavy atom. The molecule has 0 aliphatic rings. The normalized spacial score (nSPS) is 10.8. The van der Waals surface area contributed by atoms with Gasteiger partial charge in [0.15, 0.2) is 0 Å². The van der Waals surface area contributed by atoms with E-state index >= 15 is 0 Å². The highest BCUT2D eigenvalue weighted by atomic mass is 79.9. The number of carbonyl (C=O) groups excluding carboxylic acids is 1. The van der Waals surface area contributed by atoms with Crippen LogP contribution in [-0.4, -0.2) is 24.0 Å². The van der Waals surface area contributed by atoms with E-state index in [1.54, 1.807) is 6.20 Å². The molecule has 1 aromatic carbocycles. The topological polar surface area (TPSA) is 32.3 Å². The third-order valence-corrected chi connectivity index (χ3v) is 3.67. The molecule has 1 N–H and O–H groups in total. The molecular formula is C17H25BrN2O. The van der Waals surface area contributed by atoms with E-state index in [2.05, 4.69) is 35.1 Å². The molecule has 0 radical (unpaired) electrons. The van der Waals surface area contributed by atoms with Crippen LogP contribution in [0.3, 0.4) is 0 Å². The zero-order valence-electron chi connectivity index (χ0n) is 12.9. The molecule has 0 atom stereocenters. The van der Waals surface area contributed by atoms with Gasteiger partial charge in [-0.2, -0.15) is 0 Å². The Balaban J connectivity index is 2.51. The number of nitrogens with one attached hydrogen (secondary N) is 1. The second-order valence-electron chi connectivity index (χ2n) is 5.03. The van der Waals surface area contributed by atoms with Crippen LogP contribution in [0.15, 0.2) is 34.9 Å². The molecule has 0 saturated heterocycles. The van der Waals surface area contributed by atoms with Gasteiger partial charge in [0.25, 0.3) is 0 Å². The van der Waals surface area contributed by atoms with Gasteiger partial charge in [-0.3, -0.25) is 0 Å². The first-order chi connectivity index (χ1) is 10.2. The van der Waals surface area contributed by atoms with E-state index in [1.165, 1.54) is 0 Å². The van der Waals surface area contributed by atoms with Gasteiger partial charge in [-0.05, 0) is 36.6 Å². The summed E-state index contributed by atoms with van der Waals surface area (Å²) < 4.78 is 1.03. The quantitative estimate of drug-likeness (QED) is 0.698. The minimum absolute atomic E-state index is 0.0110. The van der Waals surface area contributed by atoms with Crippen LogP contribution in [0.25, 0.3) is 6.08 Å². The van der Waals surface area contributed by atoms with Crippen molar-refractivity contribution >= 4 is 28.0 Å². The number of benzene rings is 1. The average Bonchev–Trinajstić information content (AvgIpc) is 2.47. The van der Waals surface area contributed by atoms with E-state index in [1.807, 2.05) is 35.2 Å². The van der Waals surface area contributed by atoms with E-state index in [0.29, 0.717) is 0 Å². The fourth-order valence-corrected chi connectivity index (χ4v) is 2.34. The molecule has 1 rings (SSSR count). The van der Waals surface area contributed by atoms with E-state index in [9.17, 15) is 4.79 Å². The van der Waals surface area contributed by atoms with Crippen LogP contribution in [0, 0.1) is 0 Å². The number of rotatable bonds is 8. The summed E-state index contributed by atoms with van der Waals surface area (Å²) in [6.45, 7) is 5.94. The van der Waals surface area contributed by atoms with Crippen molar-refractivity contribution in [1.82, 2.24) is 10.2 Å². The van der Waals surface area contributed by atoms with Gasteiger partial charge >= 0.3 is 6.03 Å². The first-order valence-corrected chi connectivity index (χ1v) is 8.44. The Bertz CT molecular complexity index is 452. The zero-order chi connectivity index (χ0) is 15.5. The summed E-state index contributed by atoms with van der Waals surface area (Å²) >= 11 is 3.43. The molecular weight excluding hydrogens is 328 g/mol. The molecule has 0 aliphatic heterocycles. The van der Waals surface area contributed by atoms with Crippen molar-refractivity contribution in [3.8, 4) is 0 Å². The Morgan fingerprint density at radius 2 is 1.90 bits per heavy atom. The van der Waals surface area contributed by atoms with Crippen LogP contribution < -0.4 is 5.32 Å². The second kappa shape index (κ2) is 10.4. The van der Waals surface area contributed by atoms with Crippen molar-refractivity contribution in [2.45, 2.75) is 39.5 Å². The molecule has 2 amide bonds. The Morgan fingerprint density at radius 1 is 1.24 bits per heavy atom. The van der Waals surface area contributed by atoms with Crippen molar-refractivity contribution in [1.29, 1.82) is 0 Å². The molecule has 0 aromatic heterocycles. The smallest absolute Gasteiger partial charge is 0.321 e. The average molecular weight is 353 g/mol. The van der Waals surface area contributed by atoms with E-state index in [-0.39, 0.29) is 6.03 Å². The summed E-state index contributed by atoms with van der Waals surface area (Å²) in [5.74, 6) is 0. The molecule has 0 bridgehead atoms. The minimum Gasteiger partial charge on any atom is -0.325 e. The molecule has 21 heavy (non-hydrogen) atoms. The van der Waals surface area contributed by atoms with Crippen LogP contribution in [0.4, 0.5) is 4.79 Å². The summed E-state index contributed by atoms with van der Waals surface area (Å²) in [5.41, 5.74) is 1.05. The third kappa shape index (κ3) is 7.32. The monoisotopic (exact) mass is 352 g/mol. The Kier molecular flexibility index (Phi) is 8.83. The van der Waals surface area contributed by atoms with Gasteiger partial charge in [0, 0.05) is 23.8 Å². The molecule has 0 spiro atoms. The van der Waals surface area contributed by atoms with Gasteiger partial charge in [0.2, 0.25) is 0 Å². The molecule has 0 aliphatic carbocycles. The van der Waals surface area contributed by atoms with Crippen LogP contribution >= 0.6 is 15.9 Å². The number of unbranched alkanes of at least 4 members (excludes halogenated alkanes) is 2. The molecule has 4 heteroatoms. The fourth-order valence-electron chi connectivity index (χ4n) is 1.92. The summed E-state index contributed by atoms with van der Waals surface area (Å²) in [4.78, 5) is 14.1. The first-order valence-electron chi connectivity index (χ1n) is 7.65. The Labute approximate surface area is 136 Å². The van der Waals surface area contributed by atoms with Gasteiger partial charge < -0.3 is 10.2 Å². The van der Waals surface area contributed by atoms with Gasteiger partial charge in [-0.15, -0.1) is 0 Å². The minimum atomic E-state index is -0.0110. The number of carbonyl (C=O) groups is 1. The van der Waals surface area contributed by atoms with Gasteiger partial charge in [-0.1, -0.05) is 54.8 Å². The van der Waals surface area contributed by atoms with Crippen molar-refractivity contribution in [2.75, 3.05) is 13.1 Å². The molecule has 0 saturated carbocycles. The number of urea groups is 1. The highest BCUT2D eigenvalue weighted by Gasteiger charge is 2.10.